The summed E-state index contributed by atoms with van der Waals surface area (Å²) in [7, 11) is 3.58. The van der Waals surface area contributed by atoms with E-state index in [1.165, 1.54) is 5.56 Å². The Balaban J connectivity index is 2.81. The molecule has 10 heavy (non-hydrogen) atoms. The molecule has 0 saturated heterocycles. The highest BCUT2D eigenvalue weighted by atomic mass is 16.5. The van der Waals surface area contributed by atoms with Gasteiger partial charge < -0.3 is 4.74 Å². The molecule has 1 heterocycles. The van der Waals surface area contributed by atoms with Crippen molar-refractivity contribution in [1.82, 2.24) is 9.78 Å². The molecule has 0 unspecified atom stereocenters. The molecule has 0 saturated carbocycles. The highest BCUT2D eigenvalue weighted by Gasteiger charge is 2.00. The van der Waals surface area contributed by atoms with Crippen molar-refractivity contribution >= 4 is 0 Å². The third kappa shape index (κ3) is 1.36. The lowest BCUT2D eigenvalue weighted by Crippen LogP contribution is -1.92. The molecule has 3 nitrogen and oxygen atoms in total. The van der Waals surface area contributed by atoms with Crippen molar-refractivity contribution in [3.8, 4) is 0 Å². The third-order valence-electron chi connectivity index (χ3n) is 1.40. The smallest absolute Gasteiger partial charge is 0.0910 e. The second-order valence-electron chi connectivity index (χ2n) is 2.37. The zero-order valence-electron chi connectivity index (χ0n) is 6.59. The molecule has 56 valence electrons. The van der Waals surface area contributed by atoms with Gasteiger partial charge in [0.05, 0.1) is 12.3 Å². The molecule has 0 bridgehead atoms. The minimum atomic E-state index is 0.604. The van der Waals surface area contributed by atoms with Crippen LogP contribution >= 0.6 is 0 Å². The molecule has 0 fully saturated rings. The number of aryl methyl sites for hydroxylation is 2. The molecule has 1 aromatic heterocycles. The molecule has 0 aliphatic carbocycles. The van der Waals surface area contributed by atoms with Crippen LogP contribution in [-0.4, -0.2) is 16.9 Å². The van der Waals surface area contributed by atoms with E-state index < -0.39 is 0 Å². The van der Waals surface area contributed by atoms with Gasteiger partial charge in [-0.2, -0.15) is 5.10 Å². The molecule has 3 heteroatoms. The van der Waals surface area contributed by atoms with Crippen molar-refractivity contribution in [1.29, 1.82) is 0 Å². The Bertz CT molecular complexity index is 217. The number of ether oxygens (including phenoxy) is 1. The second kappa shape index (κ2) is 2.84. The minimum Gasteiger partial charge on any atom is -0.378 e. The molecule has 0 N–H and O–H groups in total. The van der Waals surface area contributed by atoms with Gasteiger partial charge in [0.1, 0.15) is 0 Å². The van der Waals surface area contributed by atoms with Crippen molar-refractivity contribution in [2.45, 2.75) is 13.5 Å². The maximum atomic E-state index is 4.95. The topological polar surface area (TPSA) is 27.1 Å². The number of methoxy groups -OCH3 is 1. The lowest BCUT2D eigenvalue weighted by atomic mass is 10.3. The Morgan fingerprint density at radius 3 is 2.80 bits per heavy atom. The first kappa shape index (κ1) is 7.28. The summed E-state index contributed by atoms with van der Waals surface area (Å²) in [6, 6.07) is 0. The van der Waals surface area contributed by atoms with E-state index in [2.05, 4.69) is 5.10 Å². The average Bonchev–Trinajstić information content (AvgIpc) is 2.13. The van der Waals surface area contributed by atoms with E-state index in [1.807, 2.05) is 20.2 Å². The van der Waals surface area contributed by atoms with E-state index in [4.69, 9.17) is 4.74 Å². The summed E-state index contributed by atoms with van der Waals surface area (Å²) in [6.07, 6.45) is 1.98. The number of aromatic nitrogens is 2. The predicted octanol–water partition coefficient (Wildman–Crippen LogP) is 0.875. The van der Waals surface area contributed by atoms with Gasteiger partial charge in [-0.3, -0.25) is 4.68 Å². The van der Waals surface area contributed by atoms with E-state index >= 15 is 0 Å². The normalized spacial score (nSPS) is 10.3. The summed E-state index contributed by atoms with van der Waals surface area (Å²) in [5.74, 6) is 0. The third-order valence-corrected chi connectivity index (χ3v) is 1.40. The number of hydrogen-bond acceptors (Lipinski definition) is 2. The van der Waals surface area contributed by atoms with Gasteiger partial charge >= 0.3 is 0 Å². The van der Waals surface area contributed by atoms with E-state index in [-0.39, 0.29) is 0 Å². The van der Waals surface area contributed by atoms with Crippen molar-refractivity contribution in [2.24, 2.45) is 7.05 Å². The monoisotopic (exact) mass is 140 g/mol. The standard InChI is InChI=1S/C7H12N2O/c1-6-4-9(2)8-7(6)5-10-3/h4H,5H2,1-3H3. The predicted molar refractivity (Wildman–Crippen MR) is 38.7 cm³/mol. The van der Waals surface area contributed by atoms with Gasteiger partial charge in [-0.15, -0.1) is 0 Å². The van der Waals surface area contributed by atoms with Crippen LogP contribution in [0.3, 0.4) is 0 Å². The SMILES string of the molecule is COCc1nn(C)cc1C. The van der Waals surface area contributed by atoms with E-state index in [9.17, 15) is 0 Å². The van der Waals surface area contributed by atoms with Crippen molar-refractivity contribution in [3.05, 3.63) is 17.5 Å². The van der Waals surface area contributed by atoms with Gasteiger partial charge in [-0.1, -0.05) is 0 Å². The number of nitrogens with zero attached hydrogens (tertiary/aromatic N) is 2. The van der Waals surface area contributed by atoms with Crippen LogP contribution in [0, 0.1) is 6.92 Å². The largest absolute Gasteiger partial charge is 0.378 e. The Kier molecular flexibility index (Phi) is 2.06. The van der Waals surface area contributed by atoms with Crippen molar-refractivity contribution in [2.75, 3.05) is 7.11 Å². The Morgan fingerprint density at radius 2 is 2.40 bits per heavy atom. The lowest BCUT2D eigenvalue weighted by molar-refractivity contribution is 0.180. The van der Waals surface area contributed by atoms with Crippen LogP contribution < -0.4 is 0 Å². The zero-order chi connectivity index (χ0) is 7.56. The highest BCUT2D eigenvalue weighted by molar-refractivity contribution is 5.13. The lowest BCUT2D eigenvalue weighted by Gasteiger charge is -1.92. The van der Waals surface area contributed by atoms with Gasteiger partial charge in [0, 0.05) is 20.4 Å². The first-order chi connectivity index (χ1) is 4.74. The first-order valence-electron chi connectivity index (χ1n) is 3.22. The maximum Gasteiger partial charge on any atom is 0.0910 e. The van der Waals surface area contributed by atoms with Gasteiger partial charge in [0.15, 0.2) is 0 Å². The summed E-state index contributed by atoms with van der Waals surface area (Å²) in [5.41, 5.74) is 2.20. The molecular formula is C7H12N2O. The first-order valence-corrected chi connectivity index (χ1v) is 3.22. The van der Waals surface area contributed by atoms with Crippen LogP contribution in [0.15, 0.2) is 6.20 Å². The van der Waals surface area contributed by atoms with Gasteiger partial charge in [0.25, 0.3) is 0 Å². The van der Waals surface area contributed by atoms with Gasteiger partial charge in [-0.05, 0) is 12.5 Å². The zero-order valence-corrected chi connectivity index (χ0v) is 6.59. The fraction of sp³-hybridized carbons (Fsp3) is 0.571. The molecule has 0 amide bonds. The second-order valence-corrected chi connectivity index (χ2v) is 2.37. The summed E-state index contributed by atoms with van der Waals surface area (Å²) in [5, 5.41) is 4.19. The summed E-state index contributed by atoms with van der Waals surface area (Å²) in [4.78, 5) is 0. The summed E-state index contributed by atoms with van der Waals surface area (Å²) in [6.45, 7) is 2.63. The van der Waals surface area contributed by atoms with E-state index in [1.54, 1.807) is 11.8 Å². The quantitative estimate of drug-likeness (QED) is 0.609. The van der Waals surface area contributed by atoms with Gasteiger partial charge in [-0.25, -0.2) is 0 Å². The van der Waals surface area contributed by atoms with Crippen LogP contribution in [0.1, 0.15) is 11.3 Å². The molecule has 0 aliphatic heterocycles. The number of rotatable bonds is 2. The molecule has 0 spiro atoms. The minimum absolute atomic E-state index is 0.604. The molecule has 0 aromatic carbocycles. The maximum absolute atomic E-state index is 4.95. The molecule has 0 aliphatic rings. The van der Waals surface area contributed by atoms with Crippen LogP contribution in [0.4, 0.5) is 0 Å². The summed E-state index contributed by atoms with van der Waals surface area (Å²) >= 11 is 0. The van der Waals surface area contributed by atoms with E-state index in [0.29, 0.717) is 6.61 Å². The van der Waals surface area contributed by atoms with Crippen LogP contribution in [0.25, 0.3) is 0 Å². The molecule has 0 radical (unpaired) electrons. The Morgan fingerprint density at radius 1 is 1.70 bits per heavy atom. The Hall–Kier alpha value is -0.830. The highest BCUT2D eigenvalue weighted by Crippen LogP contribution is 2.04. The van der Waals surface area contributed by atoms with E-state index in [0.717, 1.165) is 5.69 Å². The van der Waals surface area contributed by atoms with Gasteiger partial charge in [0.2, 0.25) is 0 Å². The molecule has 0 atom stereocenters. The van der Waals surface area contributed by atoms with Crippen LogP contribution in [0.2, 0.25) is 0 Å². The van der Waals surface area contributed by atoms with Crippen molar-refractivity contribution in [3.63, 3.8) is 0 Å². The summed E-state index contributed by atoms with van der Waals surface area (Å²) < 4.78 is 6.74. The van der Waals surface area contributed by atoms with Crippen LogP contribution in [0.5, 0.6) is 0 Å². The number of hydrogen-bond donors (Lipinski definition) is 0. The molecule has 1 rings (SSSR count). The van der Waals surface area contributed by atoms with Crippen LogP contribution in [-0.2, 0) is 18.4 Å². The molecular weight excluding hydrogens is 128 g/mol. The van der Waals surface area contributed by atoms with Crippen molar-refractivity contribution < 1.29 is 4.74 Å². The fourth-order valence-corrected chi connectivity index (χ4v) is 0.932. The fourth-order valence-electron chi connectivity index (χ4n) is 0.932. The average molecular weight is 140 g/mol. The Labute approximate surface area is 60.6 Å². The molecule has 1 aromatic rings.